The smallest absolute Gasteiger partial charge is 0.260 e. The van der Waals surface area contributed by atoms with Crippen molar-refractivity contribution in [2.75, 3.05) is 19.0 Å². The van der Waals surface area contributed by atoms with Gasteiger partial charge in [-0.2, -0.15) is 0 Å². The third kappa shape index (κ3) is 3.64. The van der Waals surface area contributed by atoms with Crippen LogP contribution in [0.5, 0.6) is 0 Å². The SMILES string of the molecule is CN1C(=O)/C(=C\C2=CC=C(N(c3ccccc3)c3ccccc3)S2(=O)=O)C(O)N(C)C1=S. The van der Waals surface area contributed by atoms with Crippen molar-refractivity contribution in [1.29, 1.82) is 0 Å². The van der Waals surface area contributed by atoms with Crippen LogP contribution >= 0.6 is 12.2 Å². The molecular formula is C23H21N3O4S2. The maximum Gasteiger partial charge on any atom is 0.260 e. The molecule has 2 aliphatic heterocycles. The zero-order valence-electron chi connectivity index (χ0n) is 17.4. The van der Waals surface area contributed by atoms with E-state index in [9.17, 15) is 18.3 Å². The standard InChI is InChI=1S/C23H21N3O4S2/c1-24-21(27)19(22(28)25(2)23(24)31)15-18-13-14-20(32(18,29)30)26(16-9-5-3-6-10-16)17-11-7-4-8-12-17/h3-15,21,27H,1-2H3/b19-15-. The van der Waals surface area contributed by atoms with Gasteiger partial charge in [0.25, 0.3) is 5.91 Å². The number of aliphatic hydroxyl groups is 1. The van der Waals surface area contributed by atoms with Crippen LogP contribution < -0.4 is 4.90 Å². The monoisotopic (exact) mass is 467 g/mol. The van der Waals surface area contributed by atoms with Crippen molar-refractivity contribution in [3.63, 3.8) is 0 Å². The molecule has 1 unspecified atom stereocenters. The number of hydrogen-bond donors (Lipinski definition) is 1. The third-order valence-corrected chi connectivity index (χ3v) is 7.61. The number of allylic oxidation sites excluding steroid dienone is 3. The Balaban J connectivity index is 1.75. The van der Waals surface area contributed by atoms with E-state index in [4.69, 9.17) is 12.2 Å². The Morgan fingerprint density at radius 1 is 0.969 bits per heavy atom. The van der Waals surface area contributed by atoms with Crippen molar-refractivity contribution in [1.82, 2.24) is 9.80 Å². The summed E-state index contributed by atoms with van der Waals surface area (Å²) < 4.78 is 27.1. The van der Waals surface area contributed by atoms with Gasteiger partial charge < -0.3 is 14.9 Å². The molecule has 164 valence electrons. The van der Waals surface area contributed by atoms with Gasteiger partial charge in [0.05, 0.1) is 10.5 Å². The summed E-state index contributed by atoms with van der Waals surface area (Å²) in [6.07, 6.45) is 2.81. The van der Waals surface area contributed by atoms with E-state index in [1.54, 1.807) is 4.90 Å². The van der Waals surface area contributed by atoms with E-state index in [2.05, 4.69) is 0 Å². The number of carbonyl (C=O) groups excluding carboxylic acids is 1. The Labute approximate surface area is 192 Å². The fourth-order valence-corrected chi connectivity index (χ4v) is 5.21. The van der Waals surface area contributed by atoms with Crippen molar-refractivity contribution in [3.05, 3.63) is 94.4 Å². The summed E-state index contributed by atoms with van der Waals surface area (Å²) in [6, 6.07) is 18.3. The lowest BCUT2D eigenvalue weighted by Crippen LogP contribution is -2.55. The van der Waals surface area contributed by atoms with Crippen LogP contribution in [0.15, 0.2) is 94.4 Å². The molecule has 1 atom stereocenters. The molecule has 32 heavy (non-hydrogen) atoms. The molecule has 7 nitrogen and oxygen atoms in total. The molecule has 4 rings (SSSR count). The van der Waals surface area contributed by atoms with E-state index < -0.39 is 22.0 Å². The minimum Gasteiger partial charge on any atom is -0.369 e. The average Bonchev–Trinajstić information content (AvgIpc) is 3.09. The maximum absolute atomic E-state index is 13.5. The van der Waals surface area contributed by atoms with Crippen molar-refractivity contribution >= 4 is 44.4 Å². The zero-order chi connectivity index (χ0) is 23.0. The number of aliphatic hydroxyl groups excluding tert-OH is 1. The summed E-state index contributed by atoms with van der Waals surface area (Å²) >= 11 is 5.14. The number of likely N-dealkylation sites (N-methyl/N-ethyl adjacent to an activating group) is 2. The number of hydrogen-bond acceptors (Lipinski definition) is 6. The largest absolute Gasteiger partial charge is 0.369 e. The zero-order valence-corrected chi connectivity index (χ0v) is 19.0. The first kappa shape index (κ1) is 21.9. The Kier molecular flexibility index (Phi) is 5.72. The number of anilines is 2. The molecule has 2 aromatic rings. The number of sulfone groups is 1. The first-order valence-corrected chi connectivity index (χ1v) is 11.6. The van der Waals surface area contributed by atoms with Crippen LogP contribution in [-0.4, -0.2) is 54.7 Å². The summed E-state index contributed by atoms with van der Waals surface area (Å²) in [5.41, 5.74) is 1.28. The van der Waals surface area contributed by atoms with Crippen molar-refractivity contribution in [2.24, 2.45) is 0 Å². The molecule has 0 aliphatic carbocycles. The highest BCUT2D eigenvalue weighted by Crippen LogP contribution is 2.38. The van der Waals surface area contributed by atoms with Gasteiger partial charge in [-0.25, -0.2) is 8.42 Å². The third-order valence-electron chi connectivity index (χ3n) is 5.31. The lowest BCUT2D eigenvalue weighted by Gasteiger charge is -2.37. The number of para-hydroxylation sites is 2. The van der Waals surface area contributed by atoms with E-state index in [0.717, 1.165) is 0 Å². The quantitative estimate of drug-likeness (QED) is 0.547. The van der Waals surface area contributed by atoms with Gasteiger partial charge >= 0.3 is 0 Å². The Hall–Kier alpha value is -3.27. The van der Waals surface area contributed by atoms with E-state index in [1.807, 2.05) is 60.7 Å². The molecule has 2 heterocycles. The topological polar surface area (TPSA) is 81.2 Å². The minimum absolute atomic E-state index is 0.0525. The highest BCUT2D eigenvalue weighted by atomic mass is 32.2. The Morgan fingerprint density at radius 3 is 2.03 bits per heavy atom. The van der Waals surface area contributed by atoms with Crippen LogP contribution in [0.4, 0.5) is 11.4 Å². The van der Waals surface area contributed by atoms with Crippen LogP contribution in [0.2, 0.25) is 0 Å². The number of rotatable bonds is 4. The summed E-state index contributed by atoms with van der Waals surface area (Å²) in [6.45, 7) is 0. The predicted octanol–water partition coefficient (Wildman–Crippen LogP) is 2.91. The lowest BCUT2D eigenvalue weighted by molar-refractivity contribution is -0.126. The number of benzene rings is 2. The van der Waals surface area contributed by atoms with Crippen molar-refractivity contribution in [3.8, 4) is 0 Å². The molecule has 0 saturated carbocycles. The minimum atomic E-state index is -3.98. The highest BCUT2D eigenvalue weighted by molar-refractivity contribution is 7.99. The normalized spacial score (nSPS) is 21.6. The van der Waals surface area contributed by atoms with Gasteiger partial charge in [-0.1, -0.05) is 36.4 Å². The fourth-order valence-electron chi connectivity index (χ4n) is 3.56. The van der Waals surface area contributed by atoms with Crippen LogP contribution in [0.1, 0.15) is 0 Å². The van der Waals surface area contributed by atoms with Crippen LogP contribution in [-0.2, 0) is 14.6 Å². The van der Waals surface area contributed by atoms with Crippen molar-refractivity contribution in [2.45, 2.75) is 6.23 Å². The van der Waals surface area contributed by atoms with Crippen LogP contribution in [0.25, 0.3) is 0 Å². The molecule has 0 bridgehead atoms. The number of thiocarbonyl (C=S) groups is 1. The first-order chi connectivity index (χ1) is 15.2. The molecule has 2 aliphatic rings. The first-order valence-electron chi connectivity index (χ1n) is 9.75. The van der Waals surface area contributed by atoms with Crippen LogP contribution in [0.3, 0.4) is 0 Å². The number of amides is 1. The van der Waals surface area contributed by atoms with Crippen LogP contribution in [0, 0.1) is 0 Å². The fraction of sp³-hybridized carbons (Fsp3) is 0.130. The van der Waals surface area contributed by atoms with E-state index >= 15 is 0 Å². The number of nitrogens with zero attached hydrogens (tertiary/aromatic N) is 3. The molecule has 0 spiro atoms. The van der Waals surface area contributed by atoms with Gasteiger partial charge in [0, 0.05) is 25.5 Å². The summed E-state index contributed by atoms with van der Waals surface area (Å²) in [7, 11) is -0.960. The molecule has 1 N–H and O–H groups in total. The molecule has 1 fully saturated rings. The van der Waals surface area contributed by atoms with Gasteiger partial charge in [-0.3, -0.25) is 9.69 Å². The van der Waals surface area contributed by atoms with Gasteiger partial charge in [-0.05, 0) is 54.7 Å². The highest BCUT2D eigenvalue weighted by Gasteiger charge is 2.38. The second-order valence-electron chi connectivity index (χ2n) is 7.31. The molecule has 1 saturated heterocycles. The summed E-state index contributed by atoms with van der Waals surface area (Å²) in [5.74, 6) is -0.548. The second-order valence-corrected chi connectivity index (χ2v) is 9.58. The molecule has 2 aromatic carbocycles. The molecular weight excluding hydrogens is 446 g/mol. The summed E-state index contributed by atoms with van der Waals surface area (Å²) in [5, 5.41) is 10.7. The Morgan fingerprint density at radius 2 is 1.50 bits per heavy atom. The molecule has 9 heteroatoms. The van der Waals surface area contributed by atoms with E-state index in [-0.39, 0.29) is 20.6 Å². The van der Waals surface area contributed by atoms with Gasteiger partial charge in [-0.15, -0.1) is 0 Å². The number of carbonyl (C=O) groups is 1. The van der Waals surface area contributed by atoms with Gasteiger partial charge in [0.2, 0.25) is 9.84 Å². The van der Waals surface area contributed by atoms with E-state index in [0.29, 0.717) is 11.4 Å². The molecule has 0 aromatic heterocycles. The summed E-state index contributed by atoms with van der Waals surface area (Å²) in [4.78, 5) is 16.8. The molecule has 1 amide bonds. The van der Waals surface area contributed by atoms with Gasteiger partial charge in [0.15, 0.2) is 11.3 Å². The van der Waals surface area contributed by atoms with E-state index in [1.165, 1.54) is 42.1 Å². The lowest BCUT2D eigenvalue weighted by atomic mass is 10.1. The average molecular weight is 468 g/mol. The van der Waals surface area contributed by atoms with Crippen molar-refractivity contribution < 1.29 is 18.3 Å². The maximum atomic E-state index is 13.5. The molecule has 0 radical (unpaired) electrons. The van der Waals surface area contributed by atoms with Gasteiger partial charge in [0.1, 0.15) is 5.03 Å². The predicted molar refractivity (Wildman–Crippen MR) is 127 cm³/mol. The Bertz CT molecular complexity index is 1230. The second kappa shape index (κ2) is 8.34.